The van der Waals surface area contributed by atoms with Crippen molar-refractivity contribution in [3.8, 4) is 5.19 Å². The molecule has 2 amide bonds. The van der Waals surface area contributed by atoms with E-state index in [1.165, 1.54) is 0 Å². The van der Waals surface area contributed by atoms with Crippen molar-refractivity contribution in [1.82, 2.24) is 9.97 Å². The number of nitrogens with two attached hydrogens (primary N) is 1. The minimum absolute atomic E-state index is 0.0505. The lowest BCUT2D eigenvalue weighted by Gasteiger charge is -2.34. The lowest BCUT2D eigenvalue weighted by atomic mass is 9.72. The molecule has 2 heterocycles. The molecule has 0 bridgehead atoms. The van der Waals surface area contributed by atoms with Gasteiger partial charge in [-0.1, -0.05) is 32.1 Å². The number of primary amides is 1. The smallest absolute Gasteiger partial charge is 0.381 e. The lowest BCUT2D eigenvalue weighted by Crippen LogP contribution is -2.28. The zero-order valence-corrected chi connectivity index (χ0v) is 20.0. The van der Waals surface area contributed by atoms with Crippen LogP contribution in [-0.2, 0) is 5.41 Å². The number of alkyl halides is 2. The first-order chi connectivity index (χ1) is 15.9. The summed E-state index contributed by atoms with van der Waals surface area (Å²) in [5, 5.41) is 2.93. The second-order valence-electron chi connectivity index (χ2n) is 9.54. The average Bonchev–Trinajstić information content (AvgIpc) is 3.14. The van der Waals surface area contributed by atoms with E-state index < -0.39 is 17.4 Å². The summed E-state index contributed by atoms with van der Waals surface area (Å²) in [6.07, 6.45) is 2.22. The van der Waals surface area contributed by atoms with Crippen LogP contribution in [-0.4, -0.2) is 27.9 Å². The summed E-state index contributed by atoms with van der Waals surface area (Å²) < 4.78 is 33.6. The van der Waals surface area contributed by atoms with Gasteiger partial charge in [0.1, 0.15) is 0 Å². The van der Waals surface area contributed by atoms with Crippen molar-refractivity contribution in [2.45, 2.75) is 63.7 Å². The van der Waals surface area contributed by atoms with Crippen molar-refractivity contribution in [2.75, 3.05) is 5.32 Å². The summed E-state index contributed by atoms with van der Waals surface area (Å²) in [5.74, 6) is -3.26. The van der Waals surface area contributed by atoms with Gasteiger partial charge in [0.15, 0.2) is 0 Å². The Morgan fingerprint density at radius 1 is 1.26 bits per heavy atom. The van der Waals surface area contributed by atoms with Gasteiger partial charge >= 0.3 is 6.09 Å². The number of hydrogen-bond acceptors (Lipinski definition) is 6. The Morgan fingerprint density at radius 2 is 1.97 bits per heavy atom. The molecule has 3 aromatic rings. The molecule has 4 rings (SSSR count). The van der Waals surface area contributed by atoms with Gasteiger partial charge in [-0.3, -0.25) is 9.78 Å². The summed E-state index contributed by atoms with van der Waals surface area (Å²) in [6, 6.07) is 5.16. The number of aromatic nitrogens is 2. The minimum atomic E-state index is -2.70. The average molecular weight is 489 g/mol. The first kappa shape index (κ1) is 24.0. The van der Waals surface area contributed by atoms with Gasteiger partial charge < -0.3 is 15.8 Å². The van der Waals surface area contributed by atoms with E-state index in [1.807, 2.05) is 20.8 Å². The molecule has 34 heavy (non-hydrogen) atoms. The monoisotopic (exact) mass is 488 g/mol. The number of halogens is 2. The van der Waals surface area contributed by atoms with Crippen LogP contribution in [0.5, 0.6) is 5.19 Å². The maximum absolute atomic E-state index is 14.0. The predicted octanol–water partition coefficient (Wildman–Crippen LogP) is 5.99. The van der Waals surface area contributed by atoms with E-state index in [9.17, 15) is 18.4 Å². The Bertz CT molecular complexity index is 1230. The molecule has 0 spiro atoms. The predicted molar refractivity (Wildman–Crippen MR) is 127 cm³/mol. The number of ether oxygens (including phenoxy) is 1. The molecule has 3 N–H and O–H groups in total. The Hall–Kier alpha value is -3.14. The highest BCUT2D eigenvalue weighted by Gasteiger charge is 2.39. The molecular formula is C24H26F2N4O3S. The van der Waals surface area contributed by atoms with Gasteiger partial charge in [0.05, 0.1) is 22.1 Å². The van der Waals surface area contributed by atoms with Crippen molar-refractivity contribution in [3.05, 3.63) is 47.3 Å². The first-order valence-corrected chi connectivity index (χ1v) is 11.8. The van der Waals surface area contributed by atoms with E-state index in [-0.39, 0.29) is 42.7 Å². The highest BCUT2D eigenvalue weighted by molar-refractivity contribution is 7.20. The first-order valence-electron chi connectivity index (χ1n) is 11.0. The maximum atomic E-state index is 14.0. The van der Waals surface area contributed by atoms with Crippen molar-refractivity contribution in [2.24, 2.45) is 5.73 Å². The zero-order chi connectivity index (χ0) is 24.7. The molecule has 1 saturated carbocycles. The number of carbonyl (C=O) groups excluding carboxylic acids is 2. The van der Waals surface area contributed by atoms with Gasteiger partial charge in [-0.2, -0.15) is 0 Å². The quantitative estimate of drug-likeness (QED) is 0.469. The second-order valence-corrected chi connectivity index (χ2v) is 10.5. The van der Waals surface area contributed by atoms with Gasteiger partial charge in [-0.05, 0) is 53.5 Å². The van der Waals surface area contributed by atoms with E-state index in [0.717, 1.165) is 22.5 Å². The Kier molecular flexibility index (Phi) is 6.28. The summed E-state index contributed by atoms with van der Waals surface area (Å²) in [5.41, 5.74) is 7.68. The molecule has 1 aliphatic carbocycles. The molecule has 180 valence electrons. The number of pyridine rings is 1. The van der Waals surface area contributed by atoms with Gasteiger partial charge in [0, 0.05) is 24.6 Å². The number of nitrogens with one attached hydrogen (secondary N) is 1. The van der Waals surface area contributed by atoms with Crippen LogP contribution in [0.2, 0.25) is 0 Å². The van der Waals surface area contributed by atoms with Crippen LogP contribution < -0.4 is 15.8 Å². The van der Waals surface area contributed by atoms with E-state index in [4.69, 9.17) is 10.5 Å². The Labute approximate surface area is 199 Å². The molecular weight excluding hydrogens is 462 g/mol. The van der Waals surface area contributed by atoms with Crippen LogP contribution in [0.25, 0.3) is 10.2 Å². The standard InChI is InChI=1S/C24H26F2N4O3S/c1-23(2,3)18-15(20(31)29-14-5-4-10-28-12-14)11-16-19(30-22(34-16)33-21(27)32)17(18)13-6-8-24(25,26)9-7-13/h4-5,10-13H,6-9H2,1-3H3,(H2,27,32)(H,29,31). The van der Waals surface area contributed by atoms with Crippen LogP contribution in [0.3, 0.4) is 0 Å². The number of benzene rings is 1. The number of hydrogen-bond donors (Lipinski definition) is 2. The minimum Gasteiger partial charge on any atom is -0.381 e. The third-order valence-corrected chi connectivity index (χ3v) is 6.81. The van der Waals surface area contributed by atoms with Crippen LogP contribution >= 0.6 is 11.3 Å². The van der Waals surface area contributed by atoms with Crippen molar-refractivity contribution in [3.63, 3.8) is 0 Å². The van der Waals surface area contributed by atoms with Crippen LogP contribution in [0.15, 0.2) is 30.6 Å². The number of amides is 2. The fraction of sp³-hybridized carbons (Fsp3) is 0.417. The van der Waals surface area contributed by atoms with Crippen LogP contribution in [0, 0.1) is 0 Å². The van der Waals surface area contributed by atoms with Gasteiger partial charge in [0.2, 0.25) is 5.92 Å². The molecule has 0 atom stereocenters. The number of nitrogens with zero attached hydrogens (tertiary/aromatic N) is 2. The highest BCUT2D eigenvalue weighted by atomic mass is 32.1. The summed E-state index contributed by atoms with van der Waals surface area (Å²) in [6.45, 7) is 5.93. The molecule has 0 saturated heterocycles. The number of anilines is 1. The number of fused-ring (bicyclic) bond motifs is 1. The molecule has 0 radical (unpaired) electrons. The summed E-state index contributed by atoms with van der Waals surface area (Å²) in [7, 11) is 0. The SMILES string of the molecule is CC(C)(C)c1c(C(=O)Nc2cccnc2)cc2sc(OC(N)=O)nc2c1C1CCC(F)(F)CC1. The summed E-state index contributed by atoms with van der Waals surface area (Å²) in [4.78, 5) is 33.3. The number of rotatable bonds is 4. The third-order valence-electron chi connectivity index (χ3n) is 5.93. The molecule has 1 aliphatic rings. The van der Waals surface area contributed by atoms with Crippen molar-refractivity contribution in [1.29, 1.82) is 0 Å². The van der Waals surface area contributed by atoms with Crippen molar-refractivity contribution >= 4 is 39.2 Å². The Morgan fingerprint density at radius 3 is 2.56 bits per heavy atom. The molecule has 7 nitrogen and oxygen atoms in total. The molecule has 0 aliphatic heterocycles. The van der Waals surface area contributed by atoms with E-state index in [0.29, 0.717) is 21.5 Å². The van der Waals surface area contributed by atoms with E-state index in [2.05, 4.69) is 15.3 Å². The van der Waals surface area contributed by atoms with E-state index in [1.54, 1.807) is 30.6 Å². The highest BCUT2D eigenvalue weighted by Crippen LogP contribution is 2.48. The van der Waals surface area contributed by atoms with Crippen LogP contribution in [0.4, 0.5) is 19.3 Å². The number of thiazole rings is 1. The fourth-order valence-corrected chi connectivity index (χ4v) is 5.43. The summed E-state index contributed by atoms with van der Waals surface area (Å²) >= 11 is 1.09. The molecule has 1 aromatic carbocycles. The molecule has 10 heteroatoms. The largest absolute Gasteiger partial charge is 0.411 e. The Balaban J connectivity index is 1.91. The number of carbonyl (C=O) groups is 2. The lowest BCUT2D eigenvalue weighted by molar-refractivity contribution is -0.0382. The second kappa shape index (κ2) is 8.90. The van der Waals surface area contributed by atoms with Gasteiger partial charge in [-0.15, -0.1) is 0 Å². The molecule has 2 aromatic heterocycles. The maximum Gasteiger partial charge on any atom is 0.411 e. The van der Waals surface area contributed by atoms with E-state index >= 15 is 0 Å². The normalized spacial score (nSPS) is 16.4. The topological polar surface area (TPSA) is 107 Å². The molecule has 1 fully saturated rings. The van der Waals surface area contributed by atoms with Gasteiger partial charge in [0.25, 0.3) is 11.1 Å². The fourth-order valence-electron chi connectivity index (χ4n) is 4.55. The molecule has 0 unspecified atom stereocenters. The van der Waals surface area contributed by atoms with Crippen molar-refractivity contribution < 1.29 is 23.1 Å². The van der Waals surface area contributed by atoms with Gasteiger partial charge in [-0.25, -0.2) is 18.6 Å². The van der Waals surface area contributed by atoms with Crippen LogP contribution in [0.1, 0.15) is 73.9 Å². The zero-order valence-electron chi connectivity index (χ0n) is 19.2. The third kappa shape index (κ3) is 5.01.